The fourth-order valence-electron chi connectivity index (χ4n) is 10.1. The SMILES string of the molecule is CCCCCCCCC(=O)CCC(COC(=O)CCCCCCCC)CC(=O)OC[C@H]1CC[C@@H](COC(=O)CC(COC(=O)CCCCCCCC)COC(=O)CCCCCCCC)N1C(=O)OC1CCCCN(C)C1. The summed E-state index contributed by atoms with van der Waals surface area (Å²) >= 11 is 0. The monoisotopic (exact) mass is 1080 g/mol. The summed E-state index contributed by atoms with van der Waals surface area (Å²) in [5.74, 6) is -3.00. The highest BCUT2D eigenvalue weighted by atomic mass is 16.6. The van der Waals surface area contributed by atoms with Gasteiger partial charge in [-0.1, -0.05) is 156 Å². The average molecular weight is 1080 g/mol. The maximum absolute atomic E-state index is 14.2. The summed E-state index contributed by atoms with van der Waals surface area (Å²) in [6.45, 7) is 9.73. The summed E-state index contributed by atoms with van der Waals surface area (Å²) in [6.07, 6.45) is 29.6. The Morgan fingerprint density at radius 2 is 0.829 bits per heavy atom. The maximum atomic E-state index is 14.2. The van der Waals surface area contributed by atoms with Crippen molar-refractivity contribution in [1.82, 2.24) is 9.80 Å². The molecule has 440 valence electrons. The number of carbonyl (C=O) groups is 7. The van der Waals surface area contributed by atoms with Gasteiger partial charge in [0.15, 0.2) is 0 Å². The zero-order valence-corrected chi connectivity index (χ0v) is 48.7. The van der Waals surface area contributed by atoms with Crippen molar-refractivity contribution in [3.63, 3.8) is 0 Å². The van der Waals surface area contributed by atoms with Crippen LogP contribution in [0.2, 0.25) is 0 Å². The summed E-state index contributed by atoms with van der Waals surface area (Å²) in [5.41, 5.74) is 0. The maximum Gasteiger partial charge on any atom is 0.410 e. The highest BCUT2D eigenvalue weighted by Gasteiger charge is 2.41. The predicted molar refractivity (Wildman–Crippen MR) is 297 cm³/mol. The van der Waals surface area contributed by atoms with E-state index in [-0.39, 0.29) is 94.9 Å². The molecule has 0 bridgehead atoms. The molecule has 2 rings (SSSR count). The minimum absolute atomic E-state index is 0.0172. The third-order valence-corrected chi connectivity index (χ3v) is 15.0. The molecule has 2 saturated heterocycles. The Morgan fingerprint density at radius 3 is 1.28 bits per heavy atom. The number of rotatable bonds is 46. The van der Waals surface area contributed by atoms with Crippen molar-refractivity contribution in [2.75, 3.05) is 53.2 Å². The van der Waals surface area contributed by atoms with E-state index in [4.69, 9.17) is 28.4 Å². The Hall–Kier alpha value is -3.75. The number of likely N-dealkylation sites (tertiary alicyclic amines) is 2. The fraction of sp³-hybridized carbons (Fsp3) is 0.885. The highest BCUT2D eigenvalue weighted by Crippen LogP contribution is 2.28. The molecule has 2 aliphatic rings. The summed E-state index contributed by atoms with van der Waals surface area (Å²) in [5, 5.41) is 0. The smallest absolute Gasteiger partial charge is 0.410 e. The first-order chi connectivity index (χ1) is 36.9. The molecule has 15 nitrogen and oxygen atoms in total. The average Bonchev–Trinajstić information content (AvgIpc) is 3.70. The Bertz CT molecular complexity index is 1420. The molecule has 0 aromatic rings. The van der Waals surface area contributed by atoms with Gasteiger partial charge in [-0.25, -0.2) is 4.79 Å². The number of hydrogen-bond donors (Lipinski definition) is 0. The minimum atomic E-state index is -0.621. The van der Waals surface area contributed by atoms with E-state index in [1.54, 1.807) is 4.90 Å². The number of unbranched alkanes of at least 4 members (excludes halogenated alkanes) is 20. The van der Waals surface area contributed by atoms with Gasteiger partial charge in [0, 0.05) is 50.5 Å². The van der Waals surface area contributed by atoms with Crippen molar-refractivity contribution in [3.8, 4) is 0 Å². The molecule has 0 aliphatic carbocycles. The van der Waals surface area contributed by atoms with Gasteiger partial charge in [0.2, 0.25) is 0 Å². The van der Waals surface area contributed by atoms with Crippen molar-refractivity contribution >= 4 is 41.7 Å². The van der Waals surface area contributed by atoms with Crippen molar-refractivity contribution in [2.24, 2.45) is 11.8 Å². The van der Waals surface area contributed by atoms with E-state index in [0.29, 0.717) is 45.1 Å². The lowest BCUT2D eigenvalue weighted by Gasteiger charge is -2.31. The number of amides is 1. The van der Waals surface area contributed by atoms with E-state index in [1.165, 1.54) is 38.5 Å². The number of nitrogens with zero attached hydrogens (tertiary/aromatic N) is 2. The van der Waals surface area contributed by atoms with Crippen LogP contribution in [0.1, 0.15) is 265 Å². The van der Waals surface area contributed by atoms with Gasteiger partial charge in [0.25, 0.3) is 0 Å². The van der Waals surface area contributed by atoms with Crippen LogP contribution in [0.25, 0.3) is 0 Å². The molecular formula is C61H108N2O13. The quantitative estimate of drug-likeness (QED) is 0.0319. The van der Waals surface area contributed by atoms with Crippen molar-refractivity contribution in [3.05, 3.63) is 0 Å². The normalized spacial score (nSPS) is 17.2. The molecule has 2 heterocycles. The molecule has 0 radical (unpaired) electrons. The van der Waals surface area contributed by atoms with E-state index in [9.17, 15) is 33.6 Å². The number of carbonyl (C=O) groups excluding carboxylic acids is 7. The summed E-state index contributed by atoms with van der Waals surface area (Å²) < 4.78 is 34.8. The number of Topliss-reactive ketones (excluding diaryl/α,β-unsaturated/α-hetero) is 1. The number of likely N-dealkylation sites (N-methyl/N-ethyl adjacent to an activating group) is 1. The fourth-order valence-corrected chi connectivity index (χ4v) is 10.1. The second-order valence-corrected chi connectivity index (χ2v) is 22.3. The predicted octanol–water partition coefficient (Wildman–Crippen LogP) is 13.5. The highest BCUT2D eigenvalue weighted by molar-refractivity contribution is 5.78. The van der Waals surface area contributed by atoms with Crippen LogP contribution in [0.3, 0.4) is 0 Å². The first kappa shape index (κ1) is 68.4. The van der Waals surface area contributed by atoms with Crippen molar-refractivity contribution in [1.29, 1.82) is 0 Å². The summed E-state index contributed by atoms with van der Waals surface area (Å²) in [4.78, 5) is 96.3. The third-order valence-electron chi connectivity index (χ3n) is 15.0. The zero-order chi connectivity index (χ0) is 55.4. The van der Waals surface area contributed by atoms with Crippen LogP contribution in [-0.2, 0) is 57.2 Å². The molecular weight excluding hydrogens is 969 g/mol. The van der Waals surface area contributed by atoms with Crippen LogP contribution in [0.4, 0.5) is 4.79 Å². The van der Waals surface area contributed by atoms with E-state index < -0.39 is 42.0 Å². The lowest BCUT2D eigenvalue weighted by molar-refractivity contribution is -0.155. The van der Waals surface area contributed by atoms with Crippen LogP contribution in [0.5, 0.6) is 0 Å². The molecule has 0 N–H and O–H groups in total. The molecule has 0 spiro atoms. The van der Waals surface area contributed by atoms with E-state index in [2.05, 4.69) is 32.6 Å². The van der Waals surface area contributed by atoms with Gasteiger partial charge in [-0.3, -0.25) is 33.7 Å². The molecule has 15 heteroatoms. The number of hydrogen-bond acceptors (Lipinski definition) is 14. The second-order valence-electron chi connectivity index (χ2n) is 22.3. The Balaban J connectivity index is 2.13. The summed E-state index contributed by atoms with van der Waals surface area (Å²) in [6, 6.07) is -1.12. The van der Waals surface area contributed by atoms with Crippen LogP contribution >= 0.6 is 0 Å². The zero-order valence-electron chi connectivity index (χ0n) is 48.7. The molecule has 0 saturated carbocycles. The molecule has 2 aliphatic heterocycles. The van der Waals surface area contributed by atoms with E-state index in [1.807, 2.05) is 7.05 Å². The molecule has 2 fully saturated rings. The van der Waals surface area contributed by atoms with E-state index in [0.717, 1.165) is 135 Å². The van der Waals surface area contributed by atoms with Gasteiger partial charge < -0.3 is 33.3 Å². The van der Waals surface area contributed by atoms with Crippen LogP contribution in [0.15, 0.2) is 0 Å². The second kappa shape index (κ2) is 45.1. The van der Waals surface area contributed by atoms with Gasteiger partial charge in [-0.2, -0.15) is 0 Å². The first-order valence-corrected chi connectivity index (χ1v) is 30.9. The van der Waals surface area contributed by atoms with Crippen LogP contribution in [-0.4, -0.2) is 123 Å². The molecule has 0 aromatic heterocycles. The number of ketones is 1. The standard InChI is InChI=1S/C61H108N2O13/c1-6-10-14-18-22-26-32-54(64)40-37-50(45-71-56(65)34-27-23-19-15-11-7-2)42-59(68)74-48-52-38-39-53(63(52)61(70)76-55-33-30-31-41-62(5)44-55)49-75-60(69)43-51(46-72-57(66)35-28-24-20-16-12-8-3)47-73-58(67)36-29-25-21-17-13-9-4/h50-53,55H,6-49H2,1-5H3/t50?,52-,53+,55?/m1/s1. The number of ether oxygens (including phenoxy) is 6. The molecule has 4 atom stereocenters. The Kier molecular flexibility index (Phi) is 40.6. The third kappa shape index (κ3) is 34.9. The van der Waals surface area contributed by atoms with Crippen molar-refractivity contribution < 1.29 is 62.0 Å². The lowest BCUT2D eigenvalue weighted by Crippen LogP contribution is -2.47. The van der Waals surface area contributed by atoms with Crippen LogP contribution < -0.4 is 0 Å². The van der Waals surface area contributed by atoms with E-state index >= 15 is 0 Å². The summed E-state index contributed by atoms with van der Waals surface area (Å²) in [7, 11) is 2.00. The number of esters is 5. The van der Waals surface area contributed by atoms with Gasteiger partial charge in [-0.15, -0.1) is 0 Å². The molecule has 1 amide bonds. The molecule has 76 heavy (non-hydrogen) atoms. The van der Waals surface area contributed by atoms with Crippen LogP contribution in [0, 0.1) is 11.8 Å². The lowest BCUT2D eigenvalue weighted by atomic mass is 9.97. The Labute approximate surface area is 460 Å². The van der Waals surface area contributed by atoms with Gasteiger partial charge >= 0.3 is 35.9 Å². The van der Waals surface area contributed by atoms with Gasteiger partial charge in [0.1, 0.15) is 25.1 Å². The van der Waals surface area contributed by atoms with Gasteiger partial charge in [0.05, 0.1) is 44.7 Å². The largest absolute Gasteiger partial charge is 0.465 e. The van der Waals surface area contributed by atoms with Gasteiger partial charge in [-0.05, 0) is 77.8 Å². The molecule has 2 unspecified atom stereocenters. The molecule has 0 aromatic carbocycles. The topological polar surface area (TPSA) is 181 Å². The Morgan fingerprint density at radius 1 is 0.434 bits per heavy atom. The minimum Gasteiger partial charge on any atom is -0.465 e. The van der Waals surface area contributed by atoms with Crippen molar-refractivity contribution in [2.45, 2.75) is 283 Å². The first-order valence-electron chi connectivity index (χ1n) is 30.9.